The fraction of sp³-hybridized carbons (Fsp3) is 0.364. The maximum Gasteiger partial charge on any atom is 0.328 e. The number of nitrogens with zero attached hydrogens (tertiary/aromatic N) is 3. The largest absolute Gasteiger partial charge is 0.480 e. The lowest BCUT2D eigenvalue weighted by molar-refractivity contribution is -0.142. The zero-order valence-electron chi connectivity index (χ0n) is 9.57. The molecule has 0 radical (unpaired) electrons. The van der Waals surface area contributed by atoms with Gasteiger partial charge in [0.05, 0.1) is 12.5 Å². The van der Waals surface area contributed by atoms with E-state index in [-0.39, 0.29) is 5.92 Å². The monoisotopic (exact) mass is 235 g/mol. The van der Waals surface area contributed by atoms with Gasteiger partial charge >= 0.3 is 5.97 Å². The maximum absolute atomic E-state index is 11.1. The van der Waals surface area contributed by atoms with Gasteiger partial charge in [0.15, 0.2) is 11.8 Å². The third-order valence-corrected chi connectivity index (χ3v) is 2.45. The topological polar surface area (TPSA) is 81.1 Å². The van der Waals surface area contributed by atoms with Crippen LogP contribution in [0.25, 0.3) is 11.5 Å². The highest BCUT2D eigenvalue weighted by Gasteiger charge is 2.25. The van der Waals surface area contributed by atoms with Gasteiger partial charge in [-0.1, -0.05) is 19.1 Å². The molecule has 2 rings (SSSR count). The van der Waals surface area contributed by atoms with Crippen molar-refractivity contribution in [1.82, 2.24) is 15.0 Å². The van der Waals surface area contributed by atoms with E-state index in [1.807, 2.05) is 13.8 Å². The predicted molar refractivity (Wildman–Crippen MR) is 59.2 cm³/mol. The lowest BCUT2D eigenvalue weighted by atomic mass is 10.1. The first-order valence-corrected chi connectivity index (χ1v) is 5.28. The average Bonchev–Trinajstić information content (AvgIpc) is 2.83. The van der Waals surface area contributed by atoms with Crippen LogP contribution >= 0.6 is 0 Å². The Kier molecular flexibility index (Phi) is 2.95. The van der Waals surface area contributed by atoms with Crippen molar-refractivity contribution in [3.63, 3.8) is 0 Å². The van der Waals surface area contributed by atoms with Crippen LogP contribution in [0.4, 0.5) is 0 Å². The Bertz CT molecular complexity index is 502. The van der Waals surface area contributed by atoms with Gasteiger partial charge in [0, 0.05) is 0 Å². The van der Waals surface area contributed by atoms with Gasteiger partial charge in [-0.3, -0.25) is 0 Å². The predicted octanol–water partition coefficient (Wildman–Crippen LogP) is 1.82. The molecule has 1 N–H and O–H groups in total. The third kappa shape index (κ3) is 2.20. The third-order valence-electron chi connectivity index (χ3n) is 2.45. The molecule has 2 aromatic rings. The zero-order valence-corrected chi connectivity index (χ0v) is 9.57. The summed E-state index contributed by atoms with van der Waals surface area (Å²) in [5, 5.41) is 16.9. The first-order chi connectivity index (χ1) is 8.09. The molecule has 2 heterocycles. The van der Waals surface area contributed by atoms with Crippen molar-refractivity contribution in [2.75, 3.05) is 0 Å². The van der Waals surface area contributed by atoms with Crippen LogP contribution in [-0.2, 0) is 4.79 Å². The molecule has 2 aromatic heterocycles. The molecule has 0 bridgehead atoms. The molecule has 90 valence electrons. The van der Waals surface area contributed by atoms with E-state index in [9.17, 15) is 4.79 Å². The van der Waals surface area contributed by atoms with Crippen LogP contribution in [0.1, 0.15) is 19.9 Å². The van der Waals surface area contributed by atoms with Gasteiger partial charge in [0.25, 0.3) is 0 Å². The second kappa shape index (κ2) is 4.40. The normalized spacial score (nSPS) is 12.9. The van der Waals surface area contributed by atoms with Crippen molar-refractivity contribution in [1.29, 1.82) is 0 Å². The Labute approximate surface area is 97.9 Å². The van der Waals surface area contributed by atoms with Gasteiger partial charge in [-0.25, -0.2) is 9.48 Å². The maximum atomic E-state index is 11.1. The summed E-state index contributed by atoms with van der Waals surface area (Å²) in [5.41, 5.74) is 0.530. The van der Waals surface area contributed by atoms with Gasteiger partial charge in [0.1, 0.15) is 5.69 Å². The SMILES string of the molecule is CC(C)[C@@H](C(=O)O)n1cc(-c2ccco2)nn1. The lowest BCUT2D eigenvalue weighted by Gasteiger charge is -2.15. The summed E-state index contributed by atoms with van der Waals surface area (Å²) in [5.74, 6) is -0.418. The molecule has 1 atom stereocenters. The highest BCUT2D eigenvalue weighted by molar-refractivity contribution is 5.72. The minimum Gasteiger partial charge on any atom is -0.480 e. The fourth-order valence-corrected chi connectivity index (χ4v) is 1.65. The van der Waals surface area contributed by atoms with E-state index in [4.69, 9.17) is 9.52 Å². The number of hydrogen-bond acceptors (Lipinski definition) is 4. The van der Waals surface area contributed by atoms with E-state index in [0.717, 1.165) is 0 Å². The van der Waals surface area contributed by atoms with Crippen molar-refractivity contribution in [3.8, 4) is 11.5 Å². The highest BCUT2D eigenvalue weighted by Crippen LogP contribution is 2.21. The first kappa shape index (κ1) is 11.4. The minimum absolute atomic E-state index is 0.0707. The number of carbonyl (C=O) groups is 1. The molecule has 0 aliphatic heterocycles. The van der Waals surface area contributed by atoms with Gasteiger partial charge in [0.2, 0.25) is 0 Å². The smallest absolute Gasteiger partial charge is 0.328 e. The molecule has 0 aromatic carbocycles. The zero-order chi connectivity index (χ0) is 12.4. The molecule has 6 heteroatoms. The standard InChI is InChI=1S/C11H13N3O3/c1-7(2)10(11(15)16)14-6-8(12-13-14)9-4-3-5-17-9/h3-7,10H,1-2H3,(H,15,16)/t10-/m0/s1. The Morgan fingerprint density at radius 1 is 1.53 bits per heavy atom. The Morgan fingerprint density at radius 3 is 2.82 bits per heavy atom. The van der Waals surface area contributed by atoms with Crippen LogP contribution < -0.4 is 0 Å². The lowest BCUT2D eigenvalue weighted by Crippen LogP contribution is -2.24. The van der Waals surface area contributed by atoms with Crippen LogP contribution in [0.15, 0.2) is 29.0 Å². The van der Waals surface area contributed by atoms with Crippen molar-refractivity contribution in [2.24, 2.45) is 5.92 Å². The van der Waals surface area contributed by atoms with Crippen LogP contribution in [0.5, 0.6) is 0 Å². The van der Waals surface area contributed by atoms with Gasteiger partial charge in [-0.2, -0.15) is 0 Å². The van der Waals surface area contributed by atoms with Gasteiger partial charge in [-0.05, 0) is 18.1 Å². The van der Waals surface area contributed by atoms with E-state index < -0.39 is 12.0 Å². The molecular formula is C11H13N3O3. The summed E-state index contributed by atoms with van der Waals surface area (Å²) >= 11 is 0. The summed E-state index contributed by atoms with van der Waals surface area (Å²) in [6.07, 6.45) is 3.11. The van der Waals surface area contributed by atoms with Crippen LogP contribution in [0, 0.1) is 5.92 Å². The van der Waals surface area contributed by atoms with E-state index >= 15 is 0 Å². The summed E-state index contributed by atoms with van der Waals surface area (Å²) in [6, 6.07) is 2.77. The number of carboxylic acid groups (broad SMARTS) is 1. The van der Waals surface area contributed by atoms with E-state index in [2.05, 4.69) is 10.3 Å². The second-order valence-electron chi connectivity index (χ2n) is 4.09. The summed E-state index contributed by atoms with van der Waals surface area (Å²) in [4.78, 5) is 11.1. The van der Waals surface area contributed by atoms with Gasteiger partial charge < -0.3 is 9.52 Å². The molecule has 0 aliphatic carbocycles. The van der Waals surface area contributed by atoms with Crippen molar-refractivity contribution < 1.29 is 14.3 Å². The number of aliphatic carboxylic acids is 1. The quantitative estimate of drug-likeness (QED) is 0.874. The summed E-state index contributed by atoms with van der Waals surface area (Å²) in [6.45, 7) is 3.65. The number of furan rings is 1. The number of aromatic nitrogens is 3. The Balaban J connectivity index is 2.31. The van der Waals surface area contributed by atoms with Crippen molar-refractivity contribution in [3.05, 3.63) is 24.6 Å². The minimum atomic E-state index is -0.920. The molecule has 6 nitrogen and oxygen atoms in total. The summed E-state index contributed by atoms with van der Waals surface area (Å²) in [7, 11) is 0. The average molecular weight is 235 g/mol. The highest BCUT2D eigenvalue weighted by atomic mass is 16.4. The van der Waals surface area contributed by atoms with Gasteiger partial charge in [-0.15, -0.1) is 5.10 Å². The molecule has 0 spiro atoms. The van der Waals surface area contributed by atoms with Crippen molar-refractivity contribution in [2.45, 2.75) is 19.9 Å². The molecule has 17 heavy (non-hydrogen) atoms. The number of rotatable bonds is 4. The van der Waals surface area contributed by atoms with E-state index in [0.29, 0.717) is 11.5 Å². The second-order valence-corrected chi connectivity index (χ2v) is 4.09. The first-order valence-electron chi connectivity index (χ1n) is 5.28. The molecule has 0 unspecified atom stereocenters. The molecule has 0 saturated carbocycles. The molecule has 0 aliphatic rings. The van der Waals surface area contributed by atoms with Crippen LogP contribution in [0.3, 0.4) is 0 Å². The molecule has 0 saturated heterocycles. The molecule has 0 fully saturated rings. The van der Waals surface area contributed by atoms with Crippen molar-refractivity contribution >= 4 is 5.97 Å². The number of hydrogen-bond donors (Lipinski definition) is 1. The Morgan fingerprint density at radius 2 is 2.29 bits per heavy atom. The van der Waals surface area contributed by atoms with E-state index in [1.54, 1.807) is 18.3 Å². The summed E-state index contributed by atoms with van der Waals surface area (Å²) < 4.78 is 6.52. The van der Waals surface area contributed by atoms with E-state index in [1.165, 1.54) is 10.9 Å². The van der Waals surface area contributed by atoms with Crippen LogP contribution in [0.2, 0.25) is 0 Å². The Hall–Kier alpha value is -2.11. The number of carboxylic acids is 1. The molecular weight excluding hydrogens is 222 g/mol. The molecule has 0 amide bonds. The van der Waals surface area contributed by atoms with Crippen LogP contribution in [-0.4, -0.2) is 26.1 Å². The fourth-order valence-electron chi connectivity index (χ4n) is 1.65.